The summed E-state index contributed by atoms with van der Waals surface area (Å²) in [5.41, 5.74) is 2.23. The second-order valence-electron chi connectivity index (χ2n) is 5.47. The van der Waals surface area contributed by atoms with Gasteiger partial charge in [0.05, 0.1) is 11.0 Å². The lowest BCUT2D eigenvalue weighted by molar-refractivity contribution is 0.242. The molecular formula is C21H18OS. The van der Waals surface area contributed by atoms with Crippen molar-refractivity contribution in [1.82, 2.24) is 0 Å². The largest absolute Gasteiger partial charge is 0.491 e. The summed E-state index contributed by atoms with van der Waals surface area (Å²) in [5, 5.41) is 0. The Kier molecular flexibility index (Phi) is 4.80. The Morgan fingerprint density at radius 2 is 1.57 bits per heavy atom. The lowest BCUT2D eigenvalue weighted by atomic mass is 10.2. The number of thiophene rings is 1. The zero-order valence-electron chi connectivity index (χ0n) is 13.2. The predicted molar refractivity (Wildman–Crippen MR) is 97.9 cm³/mol. The average Bonchev–Trinajstić information content (AvgIpc) is 3.04. The summed E-state index contributed by atoms with van der Waals surface area (Å²) in [6.07, 6.45) is 0.189. The molecule has 3 rings (SSSR count). The van der Waals surface area contributed by atoms with E-state index in [9.17, 15) is 0 Å². The molecule has 0 unspecified atom stereocenters. The summed E-state index contributed by atoms with van der Waals surface area (Å²) >= 11 is 1.72. The molecule has 0 saturated heterocycles. The first-order valence-corrected chi connectivity index (χ1v) is 8.46. The highest BCUT2D eigenvalue weighted by molar-refractivity contribution is 7.16. The van der Waals surface area contributed by atoms with E-state index in [1.54, 1.807) is 11.3 Å². The van der Waals surface area contributed by atoms with E-state index < -0.39 is 0 Å². The van der Waals surface area contributed by atoms with Crippen molar-refractivity contribution in [3.63, 3.8) is 0 Å². The zero-order chi connectivity index (χ0) is 16.1. The second-order valence-corrected chi connectivity index (χ2v) is 6.55. The third kappa shape index (κ3) is 4.25. The van der Waals surface area contributed by atoms with E-state index in [1.165, 1.54) is 10.4 Å². The molecule has 0 bridgehead atoms. The van der Waals surface area contributed by atoms with Crippen LogP contribution in [0.3, 0.4) is 0 Å². The van der Waals surface area contributed by atoms with Crippen molar-refractivity contribution in [2.45, 2.75) is 20.0 Å². The minimum atomic E-state index is 0.189. The third-order valence-electron chi connectivity index (χ3n) is 3.22. The van der Waals surface area contributed by atoms with Crippen LogP contribution in [0, 0.1) is 11.8 Å². The Morgan fingerprint density at radius 3 is 2.26 bits per heavy atom. The molecule has 2 aromatic carbocycles. The summed E-state index contributed by atoms with van der Waals surface area (Å²) in [5.74, 6) is 7.33. The molecule has 0 aliphatic heterocycles. The van der Waals surface area contributed by atoms with Crippen LogP contribution in [0.2, 0.25) is 0 Å². The van der Waals surface area contributed by atoms with Gasteiger partial charge >= 0.3 is 0 Å². The van der Waals surface area contributed by atoms with E-state index in [1.807, 2.05) is 44.2 Å². The fraction of sp³-hybridized carbons (Fsp3) is 0.143. The number of hydrogen-bond donors (Lipinski definition) is 0. The van der Waals surface area contributed by atoms with Crippen LogP contribution >= 0.6 is 11.3 Å². The Bertz CT molecular complexity index is 818. The second kappa shape index (κ2) is 7.17. The van der Waals surface area contributed by atoms with E-state index in [-0.39, 0.29) is 6.10 Å². The van der Waals surface area contributed by atoms with Crippen LogP contribution < -0.4 is 4.74 Å². The Balaban J connectivity index is 1.73. The van der Waals surface area contributed by atoms with Gasteiger partial charge in [-0.3, -0.25) is 0 Å². The van der Waals surface area contributed by atoms with Crippen molar-refractivity contribution in [2.24, 2.45) is 0 Å². The molecule has 23 heavy (non-hydrogen) atoms. The number of rotatable bonds is 3. The molecule has 2 heteroatoms. The Labute approximate surface area is 141 Å². The molecule has 0 aliphatic rings. The Hall–Kier alpha value is -2.50. The predicted octanol–water partition coefficient (Wildman–Crippen LogP) is 5.60. The lowest BCUT2D eigenvalue weighted by Gasteiger charge is -2.08. The molecule has 3 aromatic rings. The number of benzene rings is 2. The van der Waals surface area contributed by atoms with E-state index in [4.69, 9.17) is 4.74 Å². The van der Waals surface area contributed by atoms with Crippen molar-refractivity contribution in [3.05, 3.63) is 77.2 Å². The molecule has 114 valence electrons. The summed E-state index contributed by atoms with van der Waals surface area (Å²) in [7, 11) is 0. The minimum absolute atomic E-state index is 0.189. The van der Waals surface area contributed by atoms with E-state index in [2.05, 4.69) is 48.2 Å². The van der Waals surface area contributed by atoms with Crippen LogP contribution in [0.25, 0.3) is 10.4 Å². The first kappa shape index (κ1) is 15.4. The highest BCUT2D eigenvalue weighted by atomic mass is 32.1. The van der Waals surface area contributed by atoms with Crippen molar-refractivity contribution >= 4 is 11.3 Å². The van der Waals surface area contributed by atoms with Gasteiger partial charge in [0, 0.05) is 10.4 Å². The molecule has 0 aliphatic carbocycles. The van der Waals surface area contributed by atoms with Crippen LogP contribution in [0.5, 0.6) is 5.75 Å². The first-order valence-electron chi connectivity index (χ1n) is 7.65. The quantitative estimate of drug-likeness (QED) is 0.571. The zero-order valence-corrected chi connectivity index (χ0v) is 14.1. The van der Waals surface area contributed by atoms with E-state index in [0.717, 1.165) is 16.2 Å². The average molecular weight is 318 g/mol. The highest BCUT2D eigenvalue weighted by Gasteiger charge is 2.00. The van der Waals surface area contributed by atoms with Crippen LogP contribution in [0.4, 0.5) is 0 Å². The monoisotopic (exact) mass is 318 g/mol. The van der Waals surface area contributed by atoms with Crippen molar-refractivity contribution in [1.29, 1.82) is 0 Å². The van der Waals surface area contributed by atoms with Gasteiger partial charge in [-0.2, -0.15) is 0 Å². The maximum absolute atomic E-state index is 5.64. The lowest BCUT2D eigenvalue weighted by Crippen LogP contribution is -2.05. The van der Waals surface area contributed by atoms with Gasteiger partial charge in [0.25, 0.3) is 0 Å². The topological polar surface area (TPSA) is 9.23 Å². The van der Waals surface area contributed by atoms with Crippen molar-refractivity contribution < 1.29 is 4.74 Å². The summed E-state index contributed by atoms with van der Waals surface area (Å²) in [6.45, 7) is 4.05. The molecule has 0 spiro atoms. The molecule has 1 nitrogen and oxygen atoms in total. The molecule has 1 aromatic heterocycles. The first-order chi connectivity index (χ1) is 11.2. The van der Waals surface area contributed by atoms with Gasteiger partial charge < -0.3 is 4.74 Å². The van der Waals surface area contributed by atoms with Gasteiger partial charge in [0.15, 0.2) is 0 Å². The smallest absolute Gasteiger partial charge is 0.119 e. The molecule has 0 N–H and O–H groups in total. The van der Waals surface area contributed by atoms with E-state index in [0.29, 0.717) is 0 Å². The van der Waals surface area contributed by atoms with Crippen LogP contribution in [-0.2, 0) is 0 Å². The van der Waals surface area contributed by atoms with Gasteiger partial charge in [-0.15, -0.1) is 11.3 Å². The van der Waals surface area contributed by atoms with Crippen LogP contribution in [-0.4, -0.2) is 6.10 Å². The van der Waals surface area contributed by atoms with Gasteiger partial charge in [-0.25, -0.2) is 0 Å². The molecule has 0 fully saturated rings. The van der Waals surface area contributed by atoms with E-state index >= 15 is 0 Å². The van der Waals surface area contributed by atoms with Gasteiger partial charge in [0.2, 0.25) is 0 Å². The fourth-order valence-electron chi connectivity index (χ4n) is 2.19. The van der Waals surface area contributed by atoms with Crippen LogP contribution in [0.1, 0.15) is 24.3 Å². The summed E-state index contributed by atoms with van der Waals surface area (Å²) in [4.78, 5) is 2.32. The normalized spacial score (nSPS) is 10.2. The molecule has 0 atom stereocenters. The molecule has 0 amide bonds. The minimum Gasteiger partial charge on any atom is -0.491 e. The molecule has 0 saturated carbocycles. The van der Waals surface area contributed by atoms with Gasteiger partial charge in [-0.1, -0.05) is 42.2 Å². The SMILES string of the molecule is CC(C)Oc1ccc(C#Cc2ccc(-c3ccccc3)s2)cc1. The van der Waals surface area contributed by atoms with Crippen LogP contribution in [0.15, 0.2) is 66.7 Å². The van der Waals surface area contributed by atoms with Gasteiger partial charge in [0.1, 0.15) is 5.75 Å². The Morgan fingerprint density at radius 1 is 0.826 bits per heavy atom. The standard InChI is InChI=1S/C21H18OS/c1-16(2)22-19-11-8-17(9-12-19)10-13-20-14-15-21(23-20)18-6-4-3-5-7-18/h3-9,11-12,14-16H,1-2H3. The van der Waals surface area contributed by atoms with Crippen molar-refractivity contribution in [2.75, 3.05) is 0 Å². The van der Waals surface area contributed by atoms with Crippen molar-refractivity contribution in [3.8, 4) is 28.0 Å². The molecule has 0 radical (unpaired) electrons. The number of hydrogen-bond acceptors (Lipinski definition) is 2. The molecule has 1 heterocycles. The fourth-order valence-corrected chi connectivity index (χ4v) is 3.05. The molecular weight excluding hydrogens is 300 g/mol. The van der Waals surface area contributed by atoms with Gasteiger partial charge in [-0.05, 0) is 55.8 Å². The third-order valence-corrected chi connectivity index (χ3v) is 4.27. The maximum atomic E-state index is 5.64. The number of ether oxygens (including phenoxy) is 1. The summed E-state index contributed by atoms with van der Waals surface area (Å²) < 4.78 is 5.64. The maximum Gasteiger partial charge on any atom is 0.119 e. The highest BCUT2D eigenvalue weighted by Crippen LogP contribution is 2.27. The summed E-state index contributed by atoms with van der Waals surface area (Å²) in [6, 6.07) is 22.5.